The molecule has 0 radical (unpaired) electrons. The van der Waals surface area contributed by atoms with Crippen LogP contribution in [0.25, 0.3) is 0 Å². The Hall–Kier alpha value is -1.24. The highest BCUT2D eigenvalue weighted by molar-refractivity contribution is 7.99. The summed E-state index contributed by atoms with van der Waals surface area (Å²) in [6, 6.07) is 0. The quantitative estimate of drug-likeness (QED) is 0.645. The predicted octanol–water partition coefficient (Wildman–Crippen LogP) is 0.400. The lowest BCUT2D eigenvalue weighted by molar-refractivity contribution is 0.129. The first-order valence-electron chi connectivity index (χ1n) is 3.60. The van der Waals surface area contributed by atoms with Gasteiger partial charge in [0.05, 0.1) is 0 Å². The molecule has 1 aromatic heterocycles. The number of carbonyl (C=O) groups excluding carboxylic acids is 1. The summed E-state index contributed by atoms with van der Waals surface area (Å²) in [5.74, 6) is 0. The SMILES string of the molecule is Cn1cnnc1SC1COC(=O)O1. The van der Waals surface area contributed by atoms with Crippen molar-refractivity contribution in [3.63, 3.8) is 0 Å². The van der Waals surface area contributed by atoms with Gasteiger partial charge in [0.1, 0.15) is 12.9 Å². The zero-order chi connectivity index (χ0) is 9.26. The molecule has 2 rings (SSSR count). The van der Waals surface area contributed by atoms with E-state index in [4.69, 9.17) is 4.74 Å². The molecule has 7 heteroatoms. The Morgan fingerprint density at radius 3 is 3.15 bits per heavy atom. The fourth-order valence-corrected chi connectivity index (χ4v) is 1.67. The van der Waals surface area contributed by atoms with E-state index in [1.54, 1.807) is 10.9 Å². The van der Waals surface area contributed by atoms with Crippen LogP contribution < -0.4 is 0 Å². The van der Waals surface area contributed by atoms with Crippen molar-refractivity contribution in [1.29, 1.82) is 0 Å². The van der Waals surface area contributed by atoms with Gasteiger partial charge in [0.15, 0.2) is 10.6 Å². The molecule has 0 aromatic carbocycles. The summed E-state index contributed by atoms with van der Waals surface area (Å²) in [7, 11) is 1.82. The number of aromatic nitrogens is 3. The van der Waals surface area contributed by atoms with Gasteiger partial charge in [-0.2, -0.15) is 0 Å². The van der Waals surface area contributed by atoms with Gasteiger partial charge in [0.25, 0.3) is 0 Å². The fraction of sp³-hybridized carbons (Fsp3) is 0.500. The van der Waals surface area contributed by atoms with Gasteiger partial charge in [-0.25, -0.2) is 4.79 Å². The molecule has 1 fully saturated rings. The Labute approximate surface area is 78.2 Å². The van der Waals surface area contributed by atoms with Crippen molar-refractivity contribution in [2.24, 2.45) is 7.05 Å². The Bertz CT molecular complexity index is 327. The molecule has 1 unspecified atom stereocenters. The summed E-state index contributed by atoms with van der Waals surface area (Å²) in [5, 5.41) is 8.22. The summed E-state index contributed by atoms with van der Waals surface area (Å²) in [6.45, 7) is 0.260. The van der Waals surface area contributed by atoms with Crippen molar-refractivity contribution in [1.82, 2.24) is 14.8 Å². The molecule has 13 heavy (non-hydrogen) atoms. The summed E-state index contributed by atoms with van der Waals surface area (Å²) in [5.41, 5.74) is -0.310. The highest BCUT2D eigenvalue weighted by atomic mass is 32.2. The van der Waals surface area contributed by atoms with Gasteiger partial charge < -0.3 is 14.0 Å². The third-order valence-corrected chi connectivity index (χ3v) is 2.55. The van der Waals surface area contributed by atoms with E-state index in [2.05, 4.69) is 14.9 Å². The van der Waals surface area contributed by atoms with Crippen LogP contribution in [0.4, 0.5) is 4.79 Å². The first kappa shape index (κ1) is 8.36. The lowest BCUT2D eigenvalue weighted by Crippen LogP contribution is -2.05. The Kier molecular flexibility index (Phi) is 2.09. The topological polar surface area (TPSA) is 66.2 Å². The molecule has 1 aromatic rings. The monoisotopic (exact) mass is 201 g/mol. The number of hydrogen-bond acceptors (Lipinski definition) is 6. The van der Waals surface area contributed by atoms with Crippen LogP contribution in [0.15, 0.2) is 11.5 Å². The van der Waals surface area contributed by atoms with Gasteiger partial charge in [-0.05, 0) is 11.8 Å². The number of ether oxygens (including phenoxy) is 2. The minimum absolute atomic E-state index is 0.260. The maximum Gasteiger partial charge on any atom is 0.509 e. The Morgan fingerprint density at radius 1 is 1.77 bits per heavy atom. The molecule has 1 aliphatic heterocycles. The first-order chi connectivity index (χ1) is 6.25. The average molecular weight is 201 g/mol. The maximum absolute atomic E-state index is 10.6. The summed E-state index contributed by atoms with van der Waals surface area (Å²) in [4.78, 5) is 10.6. The highest BCUT2D eigenvalue weighted by Crippen LogP contribution is 2.25. The smallest absolute Gasteiger partial charge is 0.429 e. The molecule has 1 atom stereocenters. The van der Waals surface area contributed by atoms with Crippen LogP contribution in [0.3, 0.4) is 0 Å². The molecule has 0 spiro atoms. The van der Waals surface area contributed by atoms with Crippen molar-refractivity contribution in [3.8, 4) is 0 Å². The zero-order valence-electron chi connectivity index (χ0n) is 6.84. The van der Waals surface area contributed by atoms with Gasteiger partial charge in [0, 0.05) is 7.05 Å². The van der Waals surface area contributed by atoms with Crippen LogP contribution >= 0.6 is 11.8 Å². The van der Waals surface area contributed by atoms with Crippen LogP contribution in [0.1, 0.15) is 0 Å². The van der Waals surface area contributed by atoms with Crippen LogP contribution in [0.5, 0.6) is 0 Å². The highest BCUT2D eigenvalue weighted by Gasteiger charge is 2.27. The standard InChI is InChI=1S/C6H7N3O3S/c1-9-3-7-8-5(9)13-4-2-11-6(10)12-4/h3-4H,2H2,1H3. The van der Waals surface area contributed by atoms with E-state index in [0.717, 1.165) is 0 Å². The largest absolute Gasteiger partial charge is 0.509 e. The van der Waals surface area contributed by atoms with Gasteiger partial charge >= 0.3 is 6.16 Å². The van der Waals surface area contributed by atoms with E-state index in [9.17, 15) is 4.79 Å². The van der Waals surface area contributed by atoms with Crippen molar-refractivity contribution >= 4 is 17.9 Å². The molecule has 0 aliphatic carbocycles. The molecule has 0 amide bonds. The molecule has 2 heterocycles. The second-order valence-electron chi connectivity index (χ2n) is 2.45. The molecule has 0 bridgehead atoms. The third-order valence-electron chi connectivity index (χ3n) is 1.47. The zero-order valence-corrected chi connectivity index (χ0v) is 7.65. The second-order valence-corrected chi connectivity index (χ2v) is 3.58. The number of aryl methyl sites for hydroxylation is 1. The summed E-state index contributed by atoms with van der Waals surface area (Å²) >= 11 is 1.31. The van der Waals surface area contributed by atoms with Gasteiger partial charge in [0.2, 0.25) is 0 Å². The average Bonchev–Trinajstić information content (AvgIpc) is 2.64. The van der Waals surface area contributed by atoms with Crippen LogP contribution in [-0.4, -0.2) is 33.0 Å². The van der Waals surface area contributed by atoms with Gasteiger partial charge in [-0.1, -0.05) is 0 Å². The second kappa shape index (κ2) is 3.25. The number of cyclic esters (lactones) is 2. The van der Waals surface area contributed by atoms with Crippen molar-refractivity contribution in [2.45, 2.75) is 10.6 Å². The number of rotatable bonds is 2. The maximum atomic E-state index is 10.6. The molecule has 0 N–H and O–H groups in total. The summed E-state index contributed by atoms with van der Waals surface area (Å²) in [6.07, 6.45) is 0.958. The first-order valence-corrected chi connectivity index (χ1v) is 4.48. The van der Waals surface area contributed by atoms with E-state index >= 15 is 0 Å². The molecular formula is C6H7N3O3S. The summed E-state index contributed by atoms with van der Waals surface area (Å²) < 4.78 is 11.2. The number of thioether (sulfide) groups is 1. The number of carbonyl (C=O) groups is 1. The van der Waals surface area contributed by atoms with Crippen molar-refractivity contribution < 1.29 is 14.3 Å². The van der Waals surface area contributed by atoms with Crippen LogP contribution in [0.2, 0.25) is 0 Å². The minimum atomic E-state index is -0.625. The number of nitrogens with zero attached hydrogens (tertiary/aromatic N) is 3. The molecule has 6 nitrogen and oxygen atoms in total. The van der Waals surface area contributed by atoms with Crippen molar-refractivity contribution in [3.05, 3.63) is 6.33 Å². The lowest BCUT2D eigenvalue weighted by Gasteiger charge is -2.03. The number of hydrogen-bond donors (Lipinski definition) is 0. The Morgan fingerprint density at radius 2 is 2.62 bits per heavy atom. The molecule has 1 aliphatic rings. The molecule has 0 saturated carbocycles. The Balaban J connectivity index is 1.99. The van der Waals surface area contributed by atoms with Gasteiger partial charge in [-0.15, -0.1) is 10.2 Å². The molecule has 1 saturated heterocycles. The van der Waals surface area contributed by atoms with Crippen molar-refractivity contribution in [2.75, 3.05) is 6.61 Å². The lowest BCUT2D eigenvalue weighted by atomic mass is 10.8. The van der Waals surface area contributed by atoms with Crippen LogP contribution in [-0.2, 0) is 16.5 Å². The van der Waals surface area contributed by atoms with E-state index in [1.807, 2.05) is 7.05 Å². The molecule has 70 valence electrons. The van der Waals surface area contributed by atoms with E-state index < -0.39 is 6.16 Å². The minimum Gasteiger partial charge on any atom is -0.429 e. The van der Waals surface area contributed by atoms with E-state index in [1.165, 1.54) is 11.8 Å². The van der Waals surface area contributed by atoms with Gasteiger partial charge in [-0.3, -0.25) is 0 Å². The molecular weight excluding hydrogens is 194 g/mol. The third kappa shape index (κ3) is 1.74. The van der Waals surface area contributed by atoms with E-state index in [0.29, 0.717) is 5.16 Å². The normalized spacial score (nSPS) is 21.3. The van der Waals surface area contributed by atoms with Crippen LogP contribution in [0, 0.1) is 0 Å². The van der Waals surface area contributed by atoms with E-state index in [-0.39, 0.29) is 12.0 Å². The predicted molar refractivity (Wildman–Crippen MR) is 43.1 cm³/mol. The fourth-order valence-electron chi connectivity index (χ4n) is 0.866.